The van der Waals surface area contributed by atoms with Crippen LogP contribution in [-0.4, -0.2) is 24.0 Å². The number of aromatic nitrogens is 3. The molecule has 4 heteroatoms. The van der Waals surface area contributed by atoms with E-state index in [0.29, 0.717) is 0 Å². The molecule has 2 rings (SSSR count). The van der Waals surface area contributed by atoms with Gasteiger partial charge in [-0.05, 0) is 5.56 Å². The van der Waals surface area contributed by atoms with Gasteiger partial charge in [-0.2, -0.15) is 5.10 Å². The van der Waals surface area contributed by atoms with Crippen LogP contribution in [-0.2, 0) is 0 Å². The van der Waals surface area contributed by atoms with E-state index in [1.165, 1.54) is 5.56 Å². The average molecular weight is 215 g/mol. The monoisotopic (exact) mass is 215 g/mol. The van der Waals surface area contributed by atoms with Crippen LogP contribution in [0.2, 0.25) is 6.55 Å². The summed E-state index contributed by atoms with van der Waals surface area (Å²) < 4.78 is 0. The summed E-state index contributed by atoms with van der Waals surface area (Å²) in [6, 6.07) is 10.3. The molecule has 0 aliphatic rings. The SMILES string of the molecule is C[SiH](C=Cc1ccccc1)c1nc[nH]n1. The lowest BCUT2D eigenvalue weighted by atomic mass is 10.2. The highest BCUT2D eigenvalue weighted by atomic mass is 28.3. The number of nitrogens with zero attached hydrogens (tertiary/aromatic N) is 2. The molecule has 1 aromatic heterocycles. The number of hydrogen-bond donors (Lipinski definition) is 1. The van der Waals surface area contributed by atoms with Gasteiger partial charge in [0.15, 0.2) is 0 Å². The fraction of sp³-hybridized carbons (Fsp3) is 0.0909. The smallest absolute Gasteiger partial charge is 0.141 e. The average Bonchev–Trinajstić information content (AvgIpc) is 2.81. The Kier molecular flexibility index (Phi) is 3.09. The fourth-order valence-electron chi connectivity index (χ4n) is 1.34. The Bertz CT molecular complexity index is 422. The topological polar surface area (TPSA) is 41.6 Å². The van der Waals surface area contributed by atoms with Crippen LogP contribution in [0, 0.1) is 0 Å². The van der Waals surface area contributed by atoms with E-state index in [9.17, 15) is 0 Å². The van der Waals surface area contributed by atoms with Gasteiger partial charge in [0.2, 0.25) is 0 Å². The molecule has 0 aliphatic carbocycles. The Morgan fingerprint density at radius 1 is 1.27 bits per heavy atom. The number of rotatable bonds is 3. The van der Waals surface area contributed by atoms with Crippen LogP contribution in [0.4, 0.5) is 0 Å². The van der Waals surface area contributed by atoms with E-state index in [-0.39, 0.29) is 0 Å². The van der Waals surface area contributed by atoms with Crippen LogP contribution >= 0.6 is 0 Å². The van der Waals surface area contributed by atoms with E-state index in [2.05, 4.69) is 45.6 Å². The van der Waals surface area contributed by atoms with Gasteiger partial charge >= 0.3 is 0 Å². The van der Waals surface area contributed by atoms with E-state index in [4.69, 9.17) is 0 Å². The van der Waals surface area contributed by atoms with E-state index in [1.807, 2.05) is 18.2 Å². The fourth-order valence-corrected chi connectivity index (χ4v) is 2.61. The summed E-state index contributed by atoms with van der Waals surface area (Å²) in [5.74, 6) is 0. The highest BCUT2D eigenvalue weighted by molar-refractivity contribution is 6.75. The minimum absolute atomic E-state index is 0.960. The zero-order valence-corrected chi connectivity index (χ0v) is 9.75. The Labute approximate surface area is 90.5 Å². The molecule has 0 fully saturated rings. The molecule has 1 atom stereocenters. The van der Waals surface area contributed by atoms with Crippen LogP contribution in [0.5, 0.6) is 0 Å². The quantitative estimate of drug-likeness (QED) is 0.780. The lowest BCUT2D eigenvalue weighted by Crippen LogP contribution is -2.28. The predicted molar refractivity (Wildman–Crippen MR) is 64.5 cm³/mol. The summed E-state index contributed by atoms with van der Waals surface area (Å²) in [4.78, 5) is 4.17. The molecule has 0 aliphatic heterocycles. The summed E-state index contributed by atoms with van der Waals surface area (Å²) in [5.41, 5.74) is 4.42. The molecule has 76 valence electrons. The maximum absolute atomic E-state index is 4.17. The molecule has 2 aromatic rings. The Balaban J connectivity index is 2.06. The molecular formula is C11H13N3Si. The first-order valence-corrected chi connectivity index (χ1v) is 7.35. The Morgan fingerprint density at radius 2 is 2.07 bits per heavy atom. The maximum Gasteiger partial charge on any atom is 0.141 e. The van der Waals surface area contributed by atoms with Gasteiger partial charge in [-0.25, -0.2) is 4.98 Å². The lowest BCUT2D eigenvalue weighted by Gasteiger charge is -1.97. The van der Waals surface area contributed by atoms with E-state index >= 15 is 0 Å². The van der Waals surface area contributed by atoms with E-state index < -0.39 is 8.80 Å². The van der Waals surface area contributed by atoms with Crippen LogP contribution in [0.15, 0.2) is 42.4 Å². The zero-order valence-electron chi connectivity index (χ0n) is 8.59. The van der Waals surface area contributed by atoms with Gasteiger partial charge in [0.1, 0.15) is 20.6 Å². The summed E-state index contributed by atoms with van der Waals surface area (Å²) in [5, 5.41) is 6.85. The van der Waals surface area contributed by atoms with Crippen molar-refractivity contribution in [1.29, 1.82) is 0 Å². The number of nitrogens with one attached hydrogen (secondary N) is 1. The van der Waals surface area contributed by atoms with Crippen molar-refractivity contribution in [2.24, 2.45) is 0 Å². The first kappa shape index (κ1) is 9.86. The summed E-state index contributed by atoms with van der Waals surface area (Å²) in [6.45, 7) is 2.21. The molecule has 0 spiro atoms. The normalized spacial score (nSPS) is 13.1. The summed E-state index contributed by atoms with van der Waals surface area (Å²) in [6.07, 6.45) is 3.78. The van der Waals surface area contributed by atoms with Crippen LogP contribution in [0.3, 0.4) is 0 Å². The van der Waals surface area contributed by atoms with E-state index in [0.717, 1.165) is 5.45 Å². The van der Waals surface area contributed by atoms with Crippen molar-refractivity contribution >= 4 is 20.3 Å². The number of benzene rings is 1. The Morgan fingerprint density at radius 3 is 2.73 bits per heavy atom. The van der Waals surface area contributed by atoms with Gasteiger partial charge in [-0.1, -0.05) is 48.7 Å². The van der Waals surface area contributed by atoms with Crippen molar-refractivity contribution in [3.05, 3.63) is 47.9 Å². The van der Waals surface area contributed by atoms with Crippen molar-refractivity contribution in [3.8, 4) is 0 Å². The van der Waals surface area contributed by atoms with Gasteiger partial charge in [-0.15, -0.1) is 0 Å². The third-order valence-corrected chi connectivity index (χ3v) is 4.08. The van der Waals surface area contributed by atoms with Gasteiger partial charge in [-0.3, -0.25) is 5.10 Å². The van der Waals surface area contributed by atoms with Crippen LogP contribution in [0.1, 0.15) is 5.56 Å². The summed E-state index contributed by atoms with van der Waals surface area (Å²) >= 11 is 0. The van der Waals surface area contributed by atoms with E-state index in [1.54, 1.807) is 6.33 Å². The minimum atomic E-state index is -1.12. The standard InChI is InChI=1S/C11H13N3Si/c1-15(11-12-9-13-14-11)8-7-10-5-3-2-4-6-10/h2-9,15H,1H3,(H,12,13,14). The molecular weight excluding hydrogens is 202 g/mol. The molecule has 1 aromatic carbocycles. The number of aromatic amines is 1. The van der Waals surface area contributed by atoms with Crippen molar-refractivity contribution in [3.63, 3.8) is 0 Å². The molecule has 1 N–H and O–H groups in total. The number of hydrogen-bond acceptors (Lipinski definition) is 2. The predicted octanol–water partition coefficient (Wildman–Crippen LogP) is 1.12. The zero-order chi connectivity index (χ0) is 10.5. The van der Waals surface area contributed by atoms with Crippen molar-refractivity contribution in [1.82, 2.24) is 15.2 Å². The second-order valence-electron chi connectivity index (χ2n) is 3.42. The maximum atomic E-state index is 4.17. The molecule has 0 amide bonds. The molecule has 0 bridgehead atoms. The molecule has 0 saturated heterocycles. The molecule has 1 unspecified atom stereocenters. The lowest BCUT2D eigenvalue weighted by molar-refractivity contribution is 1.11. The van der Waals surface area contributed by atoms with Crippen molar-refractivity contribution in [2.45, 2.75) is 6.55 Å². The largest absolute Gasteiger partial charge is 0.266 e. The van der Waals surface area contributed by atoms with Crippen molar-refractivity contribution in [2.75, 3.05) is 0 Å². The van der Waals surface area contributed by atoms with Crippen LogP contribution < -0.4 is 5.45 Å². The third-order valence-electron chi connectivity index (χ3n) is 2.22. The molecule has 1 heterocycles. The first-order valence-electron chi connectivity index (χ1n) is 4.95. The summed E-state index contributed by atoms with van der Waals surface area (Å²) in [7, 11) is -1.12. The second kappa shape index (κ2) is 4.70. The number of H-pyrrole nitrogens is 1. The van der Waals surface area contributed by atoms with Gasteiger partial charge in [0.25, 0.3) is 0 Å². The molecule has 15 heavy (non-hydrogen) atoms. The molecule has 0 saturated carbocycles. The third kappa shape index (κ3) is 2.63. The van der Waals surface area contributed by atoms with Gasteiger partial charge in [0.05, 0.1) is 0 Å². The molecule has 3 nitrogen and oxygen atoms in total. The minimum Gasteiger partial charge on any atom is -0.266 e. The van der Waals surface area contributed by atoms with Crippen LogP contribution in [0.25, 0.3) is 6.08 Å². The highest BCUT2D eigenvalue weighted by Crippen LogP contribution is 2.01. The first-order chi connectivity index (χ1) is 7.36. The van der Waals surface area contributed by atoms with Gasteiger partial charge < -0.3 is 0 Å². The van der Waals surface area contributed by atoms with Crippen molar-refractivity contribution < 1.29 is 0 Å². The molecule has 0 radical (unpaired) electrons. The highest BCUT2D eigenvalue weighted by Gasteiger charge is 2.06. The van der Waals surface area contributed by atoms with Gasteiger partial charge in [0, 0.05) is 0 Å². The Hall–Kier alpha value is -1.68. The second-order valence-corrected chi connectivity index (χ2v) is 5.89.